The number of rotatable bonds is 9. The molecule has 1 rings (SSSR count). The largest absolute Gasteiger partial charge is 0.481 e. The number of amides is 1. The Morgan fingerprint density at radius 3 is 2.70 bits per heavy atom. The highest BCUT2D eigenvalue weighted by atomic mass is 16.5. The molecule has 1 unspecified atom stereocenters. The van der Waals surface area contributed by atoms with Crippen LogP contribution in [0.2, 0.25) is 0 Å². The van der Waals surface area contributed by atoms with E-state index < -0.39 is 6.10 Å². The van der Waals surface area contributed by atoms with Crippen molar-refractivity contribution in [2.45, 2.75) is 39.7 Å². The van der Waals surface area contributed by atoms with Gasteiger partial charge in [0, 0.05) is 13.1 Å². The predicted octanol–water partition coefficient (Wildman–Crippen LogP) is 2.27. The van der Waals surface area contributed by atoms with Crippen LogP contribution in [0.3, 0.4) is 0 Å². The summed E-state index contributed by atoms with van der Waals surface area (Å²) in [5.41, 5.74) is 1.13. The minimum absolute atomic E-state index is 0.0488. The zero-order valence-electron chi connectivity index (χ0n) is 12.7. The molecule has 1 aromatic carbocycles. The average Bonchev–Trinajstić information content (AvgIpc) is 2.44. The van der Waals surface area contributed by atoms with Crippen molar-refractivity contribution in [1.82, 2.24) is 10.6 Å². The Morgan fingerprint density at radius 2 is 2.05 bits per heavy atom. The molecule has 2 N–H and O–H groups in total. The first kappa shape index (κ1) is 16.5. The van der Waals surface area contributed by atoms with Gasteiger partial charge in [-0.1, -0.05) is 26.0 Å². The van der Waals surface area contributed by atoms with Crippen LogP contribution in [0.25, 0.3) is 0 Å². The summed E-state index contributed by atoms with van der Waals surface area (Å²) in [6, 6.07) is 7.77. The quantitative estimate of drug-likeness (QED) is 0.681. The summed E-state index contributed by atoms with van der Waals surface area (Å²) < 4.78 is 5.75. The molecule has 0 spiro atoms. The third kappa shape index (κ3) is 6.06. The maximum atomic E-state index is 12.0. The smallest absolute Gasteiger partial charge is 0.261 e. The van der Waals surface area contributed by atoms with Crippen molar-refractivity contribution in [2.24, 2.45) is 0 Å². The lowest BCUT2D eigenvalue weighted by atomic mass is 10.2. The van der Waals surface area contributed by atoms with Crippen LogP contribution in [0.15, 0.2) is 24.3 Å². The van der Waals surface area contributed by atoms with Crippen molar-refractivity contribution < 1.29 is 9.53 Å². The maximum Gasteiger partial charge on any atom is 0.261 e. The number of hydrogen-bond donors (Lipinski definition) is 2. The summed E-state index contributed by atoms with van der Waals surface area (Å²) >= 11 is 0. The Morgan fingerprint density at radius 1 is 1.25 bits per heavy atom. The first-order valence-electron chi connectivity index (χ1n) is 7.39. The van der Waals surface area contributed by atoms with Gasteiger partial charge in [0.05, 0.1) is 0 Å². The monoisotopic (exact) mass is 278 g/mol. The first-order chi connectivity index (χ1) is 9.67. The molecule has 0 aliphatic carbocycles. The number of carbonyl (C=O) groups excluding carboxylic acids is 1. The van der Waals surface area contributed by atoms with Crippen molar-refractivity contribution >= 4 is 5.91 Å². The molecule has 0 bridgehead atoms. The third-order valence-electron chi connectivity index (χ3n) is 2.96. The molecule has 0 fully saturated rings. The molecule has 1 amide bonds. The van der Waals surface area contributed by atoms with E-state index in [-0.39, 0.29) is 5.91 Å². The molecule has 1 atom stereocenters. The molecule has 112 valence electrons. The molecule has 0 heterocycles. The number of hydrogen-bond acceptors (Lipinski definition) is 3. The molecule has 20 heavy (non-hydrogen) atoms. The van der Waals surface area contributed by atoms with Gasteiger partial charge in [0.15, 0.2) is 6.10 Å². The summed E-state index contributed by atoms with van der Waals surface area (Å²) in [4.78, 5) is 12.0. The lowest BCUT2D eigenvalue weighted by Crippen LogP contribution is -2.41. The SMILES string of the molecule is CCCNCCNC(=O)C(CC)Oc1cccc(C)c1. The Labute approximate surface area is 121 Å². The molecule has 0 aliphatic heterocycles. The number of benzene rings is 1. The minimum Gasteiger partial charge on any atom is -0.481 e. The number of carbonyl (C=O) groups is 1. The van der Waals surface area contributed by atoms with Crippen molar-refractivity contribution in [2.75, 3.05) is 19.6 Å². The second kappa shape index (κ2) is 9.37. The van der Waals surface area contributed by atoms with Crippen molar-refractivity contribution in [3.8, 4) is 5.75 Å². The fourth-order valence-corrected chi connectivity index (χ4v) is 1.86. The number of ether oxygens (including phenoxy) is 1. The van der Waals surface area contributed by atoms with Gasteiger partial charge < -0.3 is 15.4 Å². The van der Waals surface area contributed by atoms with Crippen LogP contribution in [0.1, 0.15) is 32.3 Å². The third-order valence-corrected chi connectivity index (χ3v) is 2.96. The van der Waals surface area contributed by atoms with Crippen LogP contribution in [0.4, 0.5) is 0 Å². The van der Waals surface area contributed by atoms with Crippen molar-refractivity contribution in [1.29, 1.82) is 0 Å². The molecule has 0 saturated heterocycles. The van der Waals surface area contributed by atoms with Crippen LogP contribution in [0, 0.1) is 6.92 Å². The van der Waals surface area contributed by atoms with E-state index in [1.54, 1.807) is 0 Å². The van der Waals surface area contributed by atoms with Crippen LogP contribution in [-0.4, -0.2) is 31.6 Å². The highest BCUT2D eigenvalue weighted by molar-refractivity contribution is 5.81. The fraction of sp³-hybridized carbons (Fsp3) is 0.562. The van der Waals surface area contributed by atoms with Gasteiger partial charge in [-0.3, -0.25) is 4.79 Å². The van der Waals surface area contributed by atoms with Gasteiger partial charge >= 0.3 is 0 Å². The molecule has 0 aliphatic rings. The standard InChI is InChI=1S/C16H26N2O2/c1-4-9-17-10-11-18-16(19)15(5-2)20-14-8-6-7-13(3)12-14/h6-8,12,15,17H,4-5,9-11H2,1-3H3,(H,18,19). The van der Waals surface area contributed by atoms with E-state index in [9.17, 15) is 4.79 Å². The van der Waals surface area contributed by atoms with Crippen molar-refractivity contribution in [3.63, 3.8) is 0 Å². The Bertz CT molecular complexity index is 407. The molecule has 4 heteroatoms. The van der Waals surface area contributed by atoms with Crippen molar-refractivity contribution in [3.05, 3.63) is 29.8 Å². The summed E-state index contributed by atoms with van der Waals surface area (Å²) in [6.07, 6.45) is 1.33. The van der Waals surface area contributed by atoms with Crippen LogP contribution < -0.4 is 15.4 Å². The second-order valence-corrected chi connectivity index (χ2v) is 4.87. The summed E-state index contributed by atoms with van der Waals surface area (Å²) in [7, 11) is 0. The molecular weight excluding hydrogens is 252 g/mol. The highest BCUT2D eigenvalue weighted by Crippen LogP contribution is 2.15. The molecule has 0 radical (unpaired) electrons. The molecule has 4 nitrogen and oxygen atoms in total. The fourth-order valence-electron chi connectivity index (χ4n) is 1.86. The van der Waals surface area contributed by atoms with Gasteiger partial charge in [-0.15, -0.1) is 0 Å². The van der Waals surface area contributed by atoms with E-state index in [1.807, 2.05) is 38.1 Å². The van der Waals surface area contributed by atoms with E-state index in [4.69, 9.17) is 4.74 Å². The maximum absolute atomic E-state index is 12.0. The Kier molecular flexibility index (Phi) is 7.73. The minimum atomic E-state index is -0.428. The van der Waals surface area contributed by atoms with E-state index in [0.29, 0.717) is 13.0 Å². The normalized spacial score (nSPS) is 11.9. The van der Waals surface area contributed by atoms with Gasteiger partial charge in [-0.25, -0.2) is 0 Å². The van der Waals surface area contributed by atoms with E-state index in [2.05, 4.69) is 17.6 Å². The molecule has 1 aromatic rings. The first-order valence-corrected chi connectivity index (χ1v) is 7.39. The topological polar surface area (TPSA) is 50.4 Å². The van der Waals surface area contributed by atoms with Crippen LogP contribution in [-0.2, 0) is 4.79 Å². The average molecular weight is 278 g/mol. The van der Waals surface area contributed by atoms with Gasteiger partial charge in [0.1, 0.15) is 5.75 Å². The zero-order valence-corrected chi connectivity index (χ0v) is 12.7. The Balaban J connectivity index is 2.39. The number of aryl methyl sites for hydroxylation is 1. The number of nitrogens with one attached hydrogen (secondary N) is 2. The molecule has 0 saturated carbocycles. The molecular formula is C16H26N2O2. The zero-order chi connectivity index (χ0) is 14.8. The van der Waals surface area contributed by atoms with Gasteiger partial charge in [-0.05, 0) is 44.0 Å². The lowest BCUT2D eigenvalue weighted by molar-refractivity contribution is -0.128. The Hall–Kier alpha value is -1.55. The van der Waals surface area contributed by atoms with E-state index >= 15 is 0 Å². The summed E-state index contributed by atoms with van der Waals surface area (Å²) in [5.74, 6) is 0.698. The van der Waals surface area contributed by atoms with Crippen LogP contribution in [0.5, 0.6) is 5.75 Å². The summed E-state index contributed by atoms with van der Waals surface area (Å²) in [6.45, 7) is 8.48. The van der Waals surface area contributed by atoms with E-state index in [0.717, 1.165) is 30.8 Å². The summed E-state index contributed by atoms with van der Waals surface area (Å²) in [5, 5.41) is 6.15. The van der Waals surface area contributed by atoms with Gasteiger partial charge in [-0.2, -0.15) is 0 Å². The highest BCUT2D eigenvalue weighted by Gasteiger charge is 2.17. The molecule has 0 aromatic heterocycles. The lowest BCUT2D eigenvalue weighted by Gasteiger charge is -2.17. The predicted molar refractivity (Wildman–Crippen MR) is 82.1 cm³/mol. The second-order valence-electron chi connectivity index (χ2n) is 4.87. The van der Waals surface area contributed by atoms with Crippen LogP contribution >= 0.6 is 0 Å². The van der Waals surface area contributed by atoms with Gasteiger partial charge in [0.2, 0.25) is 0 Å². The van der Waals surface area contributed by atoms with Gasteiger partial charge in [0.25, 0.3) is 5.91 Å². The van der Waals surface area contributed by atoms with E-state index in [1.165, 1.54) is 0 Å².